The molecule has 3 heterocycles. The summed E-state index contributed by atoms with van der Waals surface area (Å²) in [4.78, 5) is 13.2. The Labute approximate surface area is 178 Å². The average molecular weight is 422 g/mol. The third-order valence-electron chi connectivity index (χ3n) is 4.91. The van der Waals surface area contributed by atoms with Gasteiger partial charge < -0.3 is 4.90 Å². The molecule has 1 aromatic carbocycles. The fourth-order valence-corrected chi connectivity index (χ4v) is 3.47. The van der Waals surface area contributed by atoms with E-state index in [2.05, 4.69) is 30.9 Å². The molecule has 0 saturated carbocycles. The van der Waals surface area contributed by atoms with Crippen LogP contribution in [0.25, 0.3) is 12.2 Å². The Morgan fingerprint density at radius 3 is 2.63 bits per heavy atom. The summed E-state index contributed by atoms with van der Waals surface area (Å²) in [5, 5.41) is 12.3. The maximum absolute atomic E-state index is 13.0. The van der Waals surface area contributed by atoms with E-state index in [-0.39, 0.29) is 5.82 Å². The van der Waals surface area contributed by atoms with Crippen molar-refractivity contribution in [1.82, 2.24) is 24.6 Å². The molecule has 1 aliphatic heterocycles. The number of aromatic amines is 1. The second kappa shape index (κ2) is 8.98. The van der Waals surface area contributed by atoms with Crippen LogP contribution in [0.2, 0.25) is 0 Å². The standard InChI is InChI=1S/C21H20FN7S/c22-18-4-1-16(2-5-18)3-6-19-25-21(30)29(26-19)15-27-9-11-28(12-10-27)20-13-17(14-23)7-8-24-20/h1-8,13H,9-12,15H2,(H,25,26,30)/b6-3+. The van der Waals surface area contributed by atoms with Gasteiger partial charge in [-0.25, -0.2) is 14.1 Å². The van der Waals surface area contributed by atoms with E-state index in [0.29, 0.717) is 22.8 Å². The topological polar surface area (TPSA) is 76.8 Å². The van der Waals surface area contributed by atoms with E-state index in [1.54, 1.807) is 24.4 Å². The molecule has 0 unspecified atom stereocenters. The number of H-pyrrole nitrogens is 1. The molecule has 30 heavy (non-hydrogen) atoms. The molecular formula is C21H20FN7S. The Morgan fingerprint density at radius 2 is 1.90 bits per heavy atom. The minimum absolute atomic E-state index is 0.260. The molecule has 2 aromatic heterocycles. The lowest BCUT2D eigenvalue weighted by molar-refractivity contribution is 0.194. The molecule has 1 fully saturated rings. The number of hydrogen-bond acceptors (Lipinski definition) is 6. The van der Waals surface area contributed by atoms with Crippen LogP contribution in [0.3, 0.4) is 0 Å². The second-order valence-electron chi connectivity index (χ2n) is 6.97. The molecule has 0 amide bonds. The molecule has 1 aliphatic rings. The molecule has 9 heteroatoms. The number of aromatic nitrogens is 4. The number of nitrogens with one attached hydrogen (secondary N) is 1. The van der Waals surface area contributed by atoms with Crippen molar-refractivity contribution in [3.05, 3.63) is 70.1 Å². The summed E-state index contributed by atoms with van der Waals surface area (Å²) in [6, 6.07) is 11.9. The van der Waals surface area contributed by atoms with Gasteiger partial charge in [-0.2, -0.15) is 10.2 Å². The molecule has 0 aliphatic carbocycles. The zero-order valence-corrected chi connectivity index (χ0v) is 17.0. The van der Waals surface area contributed by atoms with Crippen LogP contribution in [-0.4, -0.2) is 50.8 Å². The normalized spacial score (nSPS) is 14.9. The minimum atomic E-state index is -0.260. The van der Waals surface area contributed by atoms with Crippen molar-refractivity contribution in [3.63, 3.8) is 0 Å². The SMILES string of the molecule is N#Cc1ccnc(N2CCN(Cn3[nH]c(/C=C/c4ccc(F)cc4)nc3=S)CC2)c1. The highest BCUT2D eigenvalue weighted by Gasteiger charge is 2.19. The largest absolute Gasteiger partial charge is 0.354 e. The van der Waals surface area contributed by atoms with Crippen LogP contribution in [0, 0.1) is 21.9 Å². The van der Waals surface area contributed by atoms with Gasteiger partial charge >= 0.3 is 0 Å². The Morgan fingerprint density at radius 1 is 1.13 bits per heavy atom. The van der Waals surface area contributed by atoms with Gasteiger partial charge in [-0.1, -0.05) is 18.2 Å². The van der Waals surface area contributed by atoms with Gasteiger partial charge in [-0.05, 0) is 48.1 Å². The van der Waals surface area contributed by atoms with E-state index >= 15 is 0 Å². The van der Waals surface area contributed by atoms with Crippen LogP contribution in [-0.2, 0) is 6.67 Å². The second-order valence-corrected chi connectivity index (χ2v) is 7.33. The molecule has 3 aromatic rings. The number of halogens is 1. The summed E-state index contributed by atoms with van der Waals surface area (Å²) in [6.45, 7) is 3.96. The maximum atomic E-state index is 13.0. The van der Waals surface area contributed by atoms with Crippen LogP contribution in [0.1, 0.15) is 17.0 Å². The quantitative estimate of drug-likeness (QED) is 0.637. The van der Waals surface area contributed by atoms with Crippen molar-refractivity contribution in [1.29, 1.82) is 5.26 Å². The van der Waals surface area contributed by atoms with Crippen molar-refractivity contribution >= 4 is 30.2 Å². The number of nitrogens with zero attached hydrogens (tertiary/aromatic N) is 6. The zero-order chi connectivity index (χ0) is 20.9. The van der Waals surface area contributed by atoms with Crippen LogP contribution >= 0.6 is 12.2 Å². The van der Waals surface area contributed by atoms with Crippen molar-refractivity contribution in [2.45, 2.75) is 6.67 Å². The third kappa shape index (κ3) is 4.79. The number of pyridine rings is 1. The Kier molecular flexibility index (Phi) is 5.97. The van der Waals surface area contributed by atoms with Crippen molar-refractivity contribution < 1.29 is 4.39 Å². The fourth-order valence-electron chi connectivity index (χ4n) is 3.27. The van der Waals surface area contributed by atoms with E-state index in [9.17, 15) is 4.39 Å². The highest BCUT2D eigenvalue weighted by Crippen LogP contribution is 2.15. The molecule has 4 rings (SSSR count). The number of rotatable bonds is 5. The molecule has 0 bridgehead atoms. The van der Waals surface area contributed by atoms with Crippen LogP contribution in [0.15, 0.2) is 42.6 Å². The number of anilines is 1. The molecule has 1 N–H and O–H groups in total. The van der Waals surface area contributed by atoms with Gasteiger partial charge in [0.15, 0.2) is 0 Å². The van der Waals surface area contributed by atoms with Crippen molar-refractivity contribution in [2.24, 2.45) is 0 Å². The summed E-state index contributed by atoms with van der Waals surface area (Å²) in [5.74, 6) is 1.23. The summed E-state index contributed by atoms with van der Waals surface area (Å²) < 4.78 is 15.3. The first-order valence-electron chi connectivity index (χ1n) is 9.55. The molecule has 0 spiro atoms. The van der Waals surface area contributed by atoms with Gasteiger partial charge in [0.25, 0.3) is 0 Å². The molecule has 1 saturated heterocycles. The summed E-state index contributed by atoms with van der Waals surface area (Å²) >= 11 is 5.38. The summed E-state index contributed by atoms with van der Waals surface area (Å²) in [6.07, 6.45) is 5.36. The number of piperazine rings is 1. The van der Waals surface area contributed by atoms with Crippen LogP contribution in [0.5, 0.6) is 0 Å². The van der Waals surface area contributed by atoms with Gasteiger partial charge in [0.2, 0.25) is 4.77 Å². The first-order valence-corrected chi connectivity index (χ1v) is 9.95. The van der Waals surface area contributed by atoms with Gasteiger partial charge in [0, 0.05) is 32.4 Å². The smallest absolute Gasteiger partial charge is 0.217 e. The van der Waals surface area contributed by atoms with E-state index < -0.39 is 0 Å². The van der Waals surface area contributed by atoms with Crippen LogP contribution < -0.4 is 4.90 Å². The third-order valence-corrected chi connectivity index (χ3v) is 5.22. The minimum Gasteiger partial charge on any atom is -0.354 e. The molecule has 7 nitrogen and oxygen atoms in total. The summed E-state index contributed by atoms with van der Waals surface area (Å²) in [5.41, 5.74) is 1.50. The van der Waals surface area contributed by atoms with E-state index in [1.165, 1.54) is 12.1 Å². The van der Waals surface area contributed by atoms with Crippen molar-refractivity contribution in [2.75, 3.05) is 31.1 Å². The summed E-state index contributed by atoms with van der Waals surface area (Å²) in [7, 11) is 0. The van der Waals surface area contributed by atoms with Crippen LogP contribution in [0.4, 0.5) is 10.2 Å². The number of nitriles is 1. The average Bonchev–Trinajstić information content (AvgIpc) is 3.13. The molecule has 152 valence electrons. The molecule has 0 atom stereocenters. The number of benzene rings is 1. The fraction of sp³-hybridized carbons (Fsp3) is 0.238. The first-order chi connectivity index (χ1) is 14.6. The predicted octanol–water partition coefficient (Wildman–Crippen LogP) is 3.30. The molecular weight excluding hydrogens is 401 g/mol. The Balaban J connectivity index is 1.36. The molecule has 0 radical (unpaired) electrons. The first kappa shape index (κ1) is 19.9. The Hall–Kier alpha value is -3.35. The van der Waals surface area contributed by atoms with Gasteiger partial charge in [-0.3, -0.25) is 10.00 Å². The van der Waals surface area contributed by atoms with Gasteiger partial charge in [0.05, 0.1) is 18.3 Å². The van der Waals surface area contributed by atoms with E-state index in [0.717, 1.165) is 37.6 Å². The van der Waals surface area contributed by atoms with E-state index in [1.807, 2.05) is 22.9 Å². The lowest BCUT2D eigenvalue weighted by atomic mass is 10.2. The van der Waals surface area contributed by atoms with Crippen molar-refractivity contribution in [3.8, 4) is 6.07 Å². The maximum Gasteiger partial charge on any atom is 0.217 e. The lowest BCUT2D eigenvalue weighted by Crippen LogP contribution is -2.47. The predicted molar refractivity (Wildman–Crippen MR) is 115 cm³/mol. The highest BCUT2D eigenvalue weighted by atomic mass is 32.1. The number of hydrogen-bond donors (Lipinski definition) is 1. The van der Waals surface area contributed by atoms with Gasteiger partial charge in [0.1, 0.15) is 17.5 Å². The highest BCUT2D eigenvalue weighted by molar-refractivity contribution is 7.71. The zero-order valence-electron chi connectivity index (χ0n) is 16.2. The monoisotopic (exact) mass is 421 g/mol. The van der Waals surface area contributed by atoms with E-state index in [4.69, 9.17) is 17.5 Å². The van der Waals surface area contributed by atoms with Gasteiger partial charge in [-0.15, -0.1) is 0 Å². The Bertz CT molecular complexity index is 1140. The lowest BCUT2D eigenvalue weighted by Gasteiger charge is -2.35.